The molecule has 0 bridgehead atoms. The Morgan fingerprint density at radius 3 is 2.58 bits per heavy atom. The van der Waals surface area contributed by atoms with Gasteiger partial charge in [-0.1, -0.05) is 48.0 Å². The predicted octanol–water partition coefficient (Wildman–Crippen LogP) is 2.43. The standard InChI is InChI=1S/C24H22ClN3O5/c1-12-9-14-20(15(25)10-12)26-23(33)24(14)19-18(16(27-24)7-8-17(29)30)21(31)28(22(19)32)11-13-5-3-2-4-6-13/h2-6,9-10,16,18-19,27H,7-8,11H2,1H3,(H,26,33)(H,29,30)/t16-,18-,19-,24+/m1/s1. The van der Waals surface area contributed by atoms with Gasteiger partial charge in [0.05, 0.1) is 29.1 Å². The number of aryl methyl sites for hydroxylation is 1. The van der Waals surface area contributed by atoms with E-state index < -0.39 is 47.1 Å². The lowest BCUT2D eigenvalue weighted by atomic mass is 9.76. The summed E-state index contributed by atoms with van der Waals surface area (Å²) in [5, 5.41) is 15.6. The lowest BCUT2D eigenvalue weighted by molar-refractivity contribution is -0.144. The summed E-state index contributed by atoms with van der Waals surface area (Å²) in [5.41, 5.74) is 1.04. The molecule has 0 saturated carbocycles. The zero-order chi connectivity index (χ0) is 23.5. The van der Waals surface area contributed by atoms with Crippen LogP contribution in [0, 0.1) is 18.8 Å². The van der Waals surface area contributed by atoms with Gasteiger partial charge in [0, 0.05) is 18.0 Å². The summed E-state index contributed by atoms with van der Waals surface area (Å²) in [6.45, 7) is 1.93. The van der Waals surface area contributed by atoms with Crippen molar-refractivity contribution < 1.29 is 24.3 Å². The van der Waals surface area contributed by atoms with Crippen molar-refractivity contribution in [2.75, 3.05) is 5.32 Å². The molecule has 2 aromatic carbocycles. The van der Waals surface area contributed by atoms with Gasteiger partial charge in [-0.3, -0.25) is 29.4 Å². The highest BCUT2D eigenvalue weighted by Gasteiger charge is 2.70. The van der Waals surface area contributed by atoms with Crippen molar-refractivity contribution in [1.29, 1.82) is 0 Å². The molecule has 170 valence electrons. The van der Waals surface area contributed by atoms with Crippen molar-refractivity contribution in [3.8, 4) is 0 Å². The van der Waals surface area contributed by atoms with Gasteiger partial charge in [0.25, 0.3) is 0 Å². The minimum atomic E-state index is -1.49. The molecule has 2 saturated heterocycles. The Hall–Kier alpha value is -3.23. The maximum absolute atomic E-state index is 13.7. The summed E-state index contributed by atoms with van der Waals surface area (Å²) in [6, 6.07) is 12.0. The van der Waals surface area contributed by atoms with E-state index in [1.54, 1.807) is 12.1 Å². The number of hydrogen-bond donors (Lipinski definition) is 3. The van der Waals surface area contributed by atoms with E-state index in [4.69, 9.17) is 11.6 Å². The fraction of sp³-hybridized carbons (Fsp3) is 0.333. The second-order valence-electron chi connectivity index (χ2n) is 8.87. The highest BCUT2D eigenvalue weighted by molar-refractivity contribution is 6.35. The first-order valence-electron chi connectivity index (χ1n) is 10.7. The minimum absolute atomic E-state index is 0.0935. The number of nitrogens with zero attached hydrogens (tertiary/aromatic N) is 1. The Kier molecular flexibility index (Phi) is 5.02. The van der Waals surface area contributed by atoms with Gasteiger partial charge in [0.15, 0.2) is 0 Å². The van der Waals surface area contributed by atoms with Gasteiger partial charge in [0.2, 0.25) is 17.7 Å². The topological polar surface area (TPSA) is 116 Å². The molecule has 4 atom stereocenters. The number of carbonyl (C=O) groups is 4. The molecule has 0 aliphatic carbocycles. The smallest absolute Gasteiger partial charge is 0.303 e. The minimum Gasteiger partial charge on any atom is -0.481 e. The number of imide groups is 1. The summed E-state index contributed by atoms with van der Waals surface area (Å²) >= 11 is 6.40. The normalized spacial score (nSPS) is 27.8. The first kappa shape index (κ1) is 21.6. The second-order valence-corrected chi connectivity index (χ2v) is 9.27. The summed E-state index contributed by atoms with van der Waals surface area (Å²) in [6.07, 6.45) is -0.0845. The molecule has 5 rings (SSSR count). The maximum atomic E-state index is 13.7. The van der Waals surface area contributed by atoms with Crippen LogP contribution in [0.15, 0.2) is 42.5 Å². The van der Waals surface area contributed by atoms with Crippen LogP contribution in [-0.4, -0.2) is 39.7 Å². The van der Waals surface area contributed by atoms with Crippen molar-refractivity contribution in [1.82, 2.24) is 10.2 Å². The van der Waals surface area contributed by atoms with Gasteiger partial charge in [-0.25, -0.2) is 0 Å². The Bertz CT molecular complexity index is 1200. The molecule has 3 aliphatic rings. The zero-order valence-electron chi connectivity index (χ0n) is 17.8. The average molecular weight is 468 g/mol. The summed E-state index contributed by atoms with van der Waals surface area (Å²) in [4.78, 5) is 53.1. The monoisotopic (exact) mass is 467 g/mol. The molecule has 2 fully saturated rings. The fourth-order valence-electron chi connectivity index (χ4n) is 5.50. The predicted molar refractivity (Wildman–Crippen MR) is 119 cm³/mol. The summed E-state index contributed by atoms with van der Waals surface area (Å²) < 4.78 is 0. The third kappa shape index (κ3) is 3.16. The number of nitrogens with one attached hydrogen (secondary N) is 2. The highest BCUT2D eigenvalue weighted by Crippen LogP contribution is 2.55. The molecular formula is C24H22ClN3O5. The lowest BCUT2D eigenvalue weighted by Crippen LogP contribution is -2.53. The van der Waals surface area contributed by atoms with Crippen LogP contribution < -0.4 is 10.6 Å². The van der Waals surface area contributed by atoms with Crippen LogP contribution in [0.2, 0.25) is 5.02 Å². The van der Waals surface area contributed by atoms with Gasteiger partial charge in [-0.2, -0.15) is 0 Å². The van der Waals surface area contributed by atoms with Gasteiger partial charge in [0.1, 0.15) is 5.54 Å². The van der Waals surface area contributed by atoms with E-state index in [1.807, 2.05) is 37.3 Å². The Morgan fingerprint density at radius 2 is 1.88 bits per heavy atom. The van der Waals surface area contributed by atoms with Gasteiger partial charge in [-0.15, -0.1) is 0 Å². The molecular weight excluding hydrogens is 446 g/mol. The number of carbonyl (C=O) groups excluding carboxylic acids is 3. The van der Waals surface area contributed by atoms with E-state index in [9.17, 15) is 24.3 Å². The number of benzene rings is 2. The van der Waals surface area contributed by atoms with E-state index in [-0.39, 0.29) is 19.4 Å². The summed E-state index contributed by atoms with van der Waals surface area (Å²) in [5.74, 6) is -4.15. The summed E-state index contributed by atoms with van der Waals surface area (Å²) in [7, 11) is 0. The molecule has 3 aliphatic heterocycles. The molecule has 0 unspecified atom stereocenters. The van der Waals surface area contributed by atoms with E-state index >= 15 is 0 Å². The van der Waals surface area contributed by atoms with E-state index in [2.05, 4.69) is 10.6 Å². The molecule has 3 heterocycles. The number of fused-ring (bicyclic) bond motifs is 4. The highest BCUT2D eigenvalue weighted by atomic mass is 35.5. The quantitative estimate of drug-likeness (QED) is 0.582. The number of amides is 3. The fourth-order valence-corrected chi connectivity index (χ4v) is 5.82. The van der Waals surface area contributed by atoms with Crippen molar-refractivity contribution in [2.24, 2.45) is 11.8 Å². The first-order valence-corrected chi connectivity index (χ1v) is 11.1. The molecule has 0 radical (unpaired) electrons. The zero-order valence-corrected chi connectivity index (χ0v) is 18.6. The number of carboxylic acid groups (broad SMARTS) is 1. The Balaban J connectivity index is 1.62. The largest absolute Gasteiger partial charge is 0.481 e. The van der Waals surface area contributed by atoms with Crippen LogP contribution in [0.1, 0.15) is 29.5 Å². The maximum Gasteiger partial charge on any atom is 0.303 e. The van der Waals surface area contributed by atoms with Crippen LogP contribution in [-0.2, 0) is 31.3 Å². The number of hydrogen-bond acceptors (Lipinski definition) is 5. The number of anilines is 1. The van der Waals surface area contributed by atoms with Crippen molar-refractivity contribution in [3.63, 3.8) is 0 Å². The van der Waals surface area contributed by atoms with Crippen molar-refractivity contribution >= 4 is 41.0 Å². The number of likely N-dealkylation sites (tertiary alicyclic amines) is 1. The first-order chi connectivity index (χ1) is 15.7. The van der Waals surface area contributed by atoms with Crippen LogP contribution in [0.5, 0.6) is 0 Å². The molecule has 33 heavy (non-hydrogen) atoms. The SMILES string of the molecule is Cc1cc(Cl)c2c(c1)[C@@]1(N[C@H](CCC(=O)O)[C@H]3C(=O)N(Cc4ccccc4)C(=O)[C@@H]31)C(=O)N2. The Morgan fingerprint density at radius 1 is 1.15 bits per heavy atom. The van der Waals surface area contributed by atoms with Crippen LogP contribution in [0.25, 0.3) is 0 Å². The third-order valence-electron chi connectivity index (χ3n) is 6.86. The second kappa shape index (κ2) is 7.67. The molecule has 8 nitrogen and oxygen atoms in total. The van der Waals surface area contributed by atoms with Gasteiger partial charge < -0.3 is 10.4 Å². The molecule has 1 spiro atoms. The molecule has 2 aromatic rings. The number of aliphatic carboxylic acids is 1. The van der Waals surface area contributed by atoms with Crippen LogP contribution in [0.3, 0.4) is 0 Å². The van der Waals surface area contributed by atoms with Gasteiger partial charge >= 0.3 is 5.97 Å². The number of rotatable bonds is 5. The van der Waals surface area contributed by atoms with Crippen molar-refractivity contribution in [2.45, 2.75) is 37.9 Å². The van der Waals surface area contributed by atoms with E-state index in [1.165, 1.54) is 4.90 Å². The van der Waals surface area contributed by atoms with Crippen molar-refractivity contribution in [3.05, 3.63) is 64.2 Å². The van der Waals surface area contributed by atoms with E-state index in [0.717, 1.165) is 11.1 Å². The molecule has 3 amide bonds. The average Bonchev–Trinajstić information content (AvgIpc) is 3.35. The molecule has 3 N–H and O–H groups in total. The van der Waals surface area contributed by atoms with Crippen LogP contribution in [0.4, 0.5) is 5.69 Å². The lowest BCUT2D eigenvalue weighted by Gasteiger charge is -2.29. The molecule has 0 aromatic heterocycles. The molecule has 9 heteroatoms. The van der Waals surface area contributed by atoms with E-state index in [0.29, 0.717) is 16.3 Å². The number of halogens is 1. The Labute approximate surface area is 194 Å². The van der Waals surface area contributed by atoms with Gasteiger partial charge in [-0.05, 0) is 30.5 Å². The van der Waals surface area contributed by atoms with Crippen LogP contribution >= 0.6 is 11.6 Å². The third-order valence-corrected chi connectivity index (χ3v) is 7.16. The number of carboxylic acids is 1.